The summed E-state index contributed by atoms with van der Waals surface area (Å²) in [6.07, 6.45) is 4.48. The highest BCUT2D eigenvalue weighted by Gasteiger charge is 2.22. The van der Waals surface area contributed by atoms with E-state index in [1.54, 1.807) is 0 Å². The zero-order chi connectivity index (χ0) is 15.4. The van der Waals surface area contributed by atoms with Crippen molar-refractivity contribution in [3.63, 3.8) is 0 Å². The lowest BCUT2D eigenvalue weighted by atomic mass is 10.1. The first-order valence-corrected chi connectivity index (χ1v) is 8.64. The van der Waals surface area contributed by atoms with Crippen molar-refractivity contribution in [2.24, 2.45) is 5.92 Å². The number of piperazine rings is 1. The molecule has 0 radical (unpaired) electrons. The number of hydrogen-bond acceptors (Lipinski definition) is 3. The number of anilines is 2. The third-order valence-electron chi connectivity index (χ3n) is 5.05. The quantitative estimate of drug-likeness (QED) is 0.929. The molecule has 1 aliphatic heterocycles. The van der Waals surface area contributed by atoms with E-state index >= 15 is 0 Å². The lowest BCUT2D eigenvalue weighted by molar-refractivity contribution is -0.119. The summed E-state index contributed by atoms with van der Waals surface area (Å²) in [7, 11) is 0. The Balaban J connectivity index is 1.55. The Hall–Kier alpha value is -1.55. The molecule has 22 heavy (non-hydrogen) atoms. The van der Waals surface area contributed by atoms with Crippen LogP contribution in [0.15, 0.2) is 24.3 Å². The van der Waals surface area contributed by atoms with Gasteiger partial charge in [0, 0.05) is 43.5 Å². The monoisotopic (exact) mass is 301 g/mol. The van der Waals surface area contributed by atoms with Crippen LogP contribution in [0.5, 0.6) is 0 Å². The molecule has 4 nitrogen and oxygen atoms in total. The van der Waals surface area contributed by atoms with Gasteiger partial charge in [-0.15, -0.1) is 0 Å². The fourth-order valence-corrected chi connectivity index (χ4v) is 3.51. The molecule has 1 saturated carbocycles. The largest absolute Gasteiger partial charge is 0.369 e. The average molecular weight is 301 g/mol. The molecule has 1 saturated heterocycles. The summed E-state index contributed by atoms with van der Waals surface area (Å²) in [6.45, 7) is 7.80. The zero-order valence-electron chi connectivity index (χ0n) is 13.6. The summed E-state index contributed by atoms with van der Waals surface area (Å²) in [5.41, 5.74) is 2.18. The number of carbonyl (C=O) groups excluding carboxylic acids is 1. The SMILES string of the molecule is CCN1CCN(c2ccc(NC(=O)C3CCCC3)cc2)CC1. The van der Waals surface area contributed by atoms with E-state index in [4.69, 9.17) is 0 Å². The number of likely N-dealkylation sites (N-methyl/N-ethyl adjacent to an activating group) is 1. The molecule has 1 aromatic carbocycles. The van der Waals surface area contributed by atoms with Crippen LogP contribution in [0.4, 0.5) is 11.4 Å². The number of hydrogen-bond donors (Lipinski definition) is 1. The lowest BCUT2D eigenvalue weighted by Crippen LogP contribution is -2.46. The highest BCUT2D eigenvalue weighted by Crippen LogP contribution is 2.26. The fraction of sp³-hybridized carbons (Fsp3) is 0.611. The maximum atomic E-state index is 12.1. The molecular weight excluding hydrogens is 274 g/mol. The van der Waals surface area contributed by atoms with Crippen LogP contribution in [-0.4, -0.2) is 43.5 Å². The van der Waals surface area contributed by atoms with Gasteiger partial charge in [-0.2, -0.15) is 0 Å². The van der Waals surface area contributed by atoms with Gasteiger partial charge in [0.25, 0.3) is 0 Å². The second-order valence-corrected chi connectivity index (χ2v) is 6.44. The minimum atomic E-state index is 0.196. The predicted molar refractivity (Wildman–Crippen MR) is 91.4 cm³/mol. The van der Waals surface area contributed by atoms with Crippen LogP contribution in [-0.2, 0) is 4.79 Å². The van der Waals surface area contributed by atoms with Crippen molar-refractivity contribution < 1.29 is 4.79 Å². The predicted octanol–water partition coefficient (Wildman–Crippen LogP) is 2.96. The molecule has 0 atom stereocenters. The molecule has 0 bridgehead atoms. The van der Waals surface area contributed by atoms with Crippen LogP contribution in [0.25, 0.3) is 0 Å². The summed E-state index contributed by atoms with van der Waals surface area (Å²) in [5, 5.41) is 3.06. The van der Waals surface area contributed by atoms with Gasteiger partial charge in [0.15, 0.2) is 0 Å². The molecule has 1 heterocycles. The van der Waals surface area contributed by atoms with Gasteiger partial charge in [-0.1, -0.05) is 19.8 Å². The molecule has 1 aromatic rings. The minimum Gasteiger partial charge on any atom is -0.369 e. The first-order valence-electron chi connectivity index (χ1n) is 8.64. The van der Waals surface area contributed by atoms with E-state index < -0.39 is 0 Å². The average Bonchev–Trinajstić information content (AvgIpc) is 3.10. The van der Waals surface area contributed by atoms with Gasteiger partial charge < -0.3 is 15.1 Å². The first-order chi connectivity index (χ1) is 10.8. The van der Waals surface area contributed by atoms with Crippen molar-refractivity contribution in [1.29, 1.82) is 0 Å². The number of nitrogens with zero attached hydrogens (tertiary/aromatic N) is 2. The molecule has 1 N–H and O–H groups in total. The summed E-state index contributed by atoms with van der Waals surface area (Å²) in [4.78, 5) is 17.0. The number of benzene rings is 1. The van der Waals surface area contributed by atoms with Crippen molar-refractivity contribution in [3.8, 4) is 0 Å². The smallest absolute Gasteiger partial charge is 0.227 e. The summed E-state index contributed by atoms with van der Waals surface area (Å²) >= 11 is 0. The second kappa shape index (κ2) is 7.14. The molecule has 3 rings (SSSR count). The van der Waals surface area contributed by atoms with Crippen LogP contribution < -0.4 is 10.2 Å². The van der Waals surface area contributed by atoms with Gasteiger partial charge in [0.2, 0.25) is 5.91 Å². The van der Waals surface area contributed by atoms with Crippen molar-refractivity contribution in [2.45, 2.75) is 32.6 Å². The van der Waals surface area contributed by atoms with Gasteiger partial charge >= 0.3 is 0 Å². The van der Waals surface area contributed by atoms with Crippen LogP contribution >= 0.6 is 0 Å². The van der Waals surface area contributed by atoms with Crippen molar-refractivity contribution in [3.05, 3.63) is 24.3 Å². The van der Waals surface area contributed by atoms with E-state index in [1.165, 1.54) is 18.5 Å². The van der Waals surface area contributed by atoms with Gasteiger partial charge in [-0.25, -0.2) is 0 Å². The van der Waals surface area contributed by atoms with Crippen LogP contribution in [0.2, 0.25) is 0 Å². The van der Waals surface area contributed by atoms with E-state index in [0.717, 1.165) is 51.3 Å². The summed E-state index contributed by atoms with van der Waals surface area (Å²) < 4.78 is 0. The molecule has 0 unspecified atom stereocenters. The van der Waals surface area contributed by atoms with Crippen molar-refractivity contribution >= 4 is 17.3 Å². The minimum absolute atomic E-state index is 0.196. The standard InChI is InChI=1S/C18H27N3O/c1-2-20-11-13-21(14-12-20)17-9-7-16(8-10-17)19-18(22)15-5-3-4-6-15/h7-10,15H,2-6,11-14H2,1H3,(H,19,22). The Morgan fingerprint density at radius 2 is 1.73 bits per heavy atom. The molecule has 1 amide bonds. The van der Waals surface area contributed by atoms with Gasteiger partial charge in [0.1, 0.15) is 0 Å². The third kappa shape index (κ3) is 3.61. The number of amides is 1. The maximum Gasteiger partial charge on any atom is 0.227 e. The molecule has 120 valence electrons. The Morgan fingerprint density at radius 1 is 1.09 bits per heavy atom. The normalized spacial score (nSPS) is 20.3. The number of rotatable bonds is 4. The van der Waals surface area contributed by atoms with E-state index in [2.05, 4.69) is 34.2 Å². The Labute approximate surface area is 133 Å². The Kier molecular flexibility index (Phi) is 4.98. The number of carbonyl (C=O) groups is 1. The van der Waals surface area contributed by atoms with E-state index in [9.17, 15) is 4.79 Å². The molecular formula is C18H27N3O. The van der Waals surface area contributed by atoms with Crippen molar-refractivity contribution in [2.75, 3.05) is 42.9 Å². The van der Waals surface area contributed by atoms with E-state index in [0.29, 0.717) is 0 Å². The van der Waals surface area contributed by atoms with Gasteiger partial charge in [-0.3, -0.25) is 4.79 Å². The fourth-order valence-electron chi connectivity index (χ4n) is 3.51. The van der Waals surface area contributed by atoms with E-state index in [1.807, 2.05) is 12.1 Å². The highest BCUT2D eigenvalue weighted by molar-refractivity contribution is 5.92. The molecule has 2 aliphatic rings. The molecule has 0 aromatic heterocycles. The maximum absolute atomic E-state index is 12.1. The summed E-state index contributed by atoms with van der Waals surface area (Å²) in [5.74, 6) is 0.420. The number of nitrogens with one attached hydrogen (secondary N) is 1. The van der Waals surface area contributed by atoms with Crippen LogP contribution in [0.1, 0.15) is 32.6 Å². The Bertz CT molecular complexity index is 486. The van der Waals surface area contributed by atoms with E-state index in [-0.39, 0.29) is 11.8 Å². The molecule has 0 spiro atoms. The topological polar surface area (TPSA) is 35.6 Å². The molecule has 2 fully saturated rings. The third-order valence-corrected chi connectivity index (χ3v) is 5.05. The van der Waals surface area contributed by atoms with Crippen molar-refractivity contribution in [1.82, 2.24) is 4.90 Å². The lowest BCUT2D eigenvalue weighted by Gasteiger charge is -2.35. The van der Waals surface area contributed by atoms with Crippen LogP contribution in [0, 0.1) is 5.92 Å². The van der Waals surface area contributed by atoms with Gasteiger partial charge in [-0.05, 0) is 43.7 Å². The first kappa shape index (κ1) is 15.3. The summed E-state index contributed by atoms with van der Waals surface area (Å²) in [6, 6.07) is 8.33. The molecule has 4 heteroatoms. The Morgan fingerprint density at radius 3 is 2.32 bits per heavy atom. The highest BCUT2D eigenvalue weighted by atomic mass is 16.1. The molecule has 1 aliphatic carbocycles. The van der Waals surface area contributed by atoms with Gasteiger partial charge in [0.05, 0.1) is 0 Å². The van der Waals surface area contributed by atoms with Crippen LogP contribution in [0.3, 0.4) is 0 Å². The zero-order valence-corrected chi connectivity index (χ0v) is 13.6. The second-order valence-electron chi connectivity index (χ2n) is 6.44.